The third-order valence-electron chi connectivity index (χ3n) is 1.96. The minimum absolute atomic E-state index is 0.275. The summed E-state index contributed by atoms with van der Waals surface area (Å²) in [7, 11) is 0. The molecule has 0 unspecified atom stereocenters. The average molecular weight is 256 g/mol. The summed E-state index contributed by atoms with van der Waals surface area (Å²) < 4.78 is 1.22. The third-order valence-corrected chi connectivity index (χ3v) is 3.49. The molecule has 2 heterocycles. The van der Waals surface area contributed by atoms with Crippen LogP contribution in [0.1, 0.15) is 5.01 Å². The number of hydrogen-bond donors (Lipinski definition) is 1. The highest BCUT2D eigenvalue weighted by Gasteiger charge is 2.13. The van der Waals surface area contributed by atoms with Crippen LogP contribution in [0, 0.1) is 6.92 Å². The second-order valence-electron chi connectivity index (χ2n) is 3.12. The minimum atomic E-state index is -1.03. The molecule has 2 aromatic heterocycles. The van der Waals surface area contributed by atoms with Crippen molar-refractivity contribution in [3.05, 3.63) is 25.4 Å². The van der Waals surface area contributed by atoms with E-state index in [1.807, 2.05) is 12.3 Å². The molecule has 7 heteroatoms. The van der Waals surface area contributed by atoms with Gasteiger partial charge in [0.1, 0.15) is 6.54 Å². The summed E-state index contributed by atoms with van der Waals surface area (Å²) in [6.45, 7) is 1.54. The van der Waals surface area contributed by atoms with Gasteiger partial charge in [-0.2, -0.15) is 0 Å². The molecule has 16 heavy (non-hydrogen) atoms. The average Bonchev–Trinajstić information content (AvgIpc) is 2.75. The minimum Gasteiger partial charge on any atom is -0.480 e. The van der Waals surface area contributed by atoms with E-state index in [1.54, 1.807) is 5.38 Å². The molecule has 0 saturated carbocycles. The van der Waals surface area contributed by atoms with E-state index in [2.05, 4.69) is 4.98 Å². The van der Waals surface area contributed by atoms with Crippen molar-refractivity contribution in [1.82, 2.24) is 9.55 Å². The SMILES string of the molecule is Cc1nc(-c2csc(=O)n2CC(=O)O)cs1. The lowest BCUT2D eigenvalue weighted by molar-refractivity contribution is -0.137. The maximum atomic E-state index is 11.4. The van der Waals surface area contributed by atoms with Crippen LogP contribution in [0.3, 0.4) is 0 Å². The zero-order valence-electron chi connectivity index (χ0n) is 8.34. The van der Waals surface area contributed by atoms with Crippen LogP contribution >= 0.6 is 22.7 Å². The molecule has 2 aromatic rings. The van der Waals surface area contributed by atoms with Crippen molar-refractivity contribution in [1.29, 1.82) is 0 Å². The summed E-state index contributed by atoms with van der Waals surface area (Å²) in [5, 5.41) is 13.1. The van der Waals surface area contributed by atoms with Crippen molar-refractivity contribution in [2.45, 2.75) is 13.5 Å². The van der Waals surface area contributed by atoms with Crippen molar-refractivity contribution in [2.24, 2.45) is 0 Å². The van der Waals surface area contributed by atoms with Crippen molar-refractivity contribution in [2.75, 3.05) is 0 Å². The predicted octanol–water partition coefficient (Wildman–Crippen LogP) is 1.43. The standard InChI is InChI=1S/C9H8N2O3S2/c1-5-10-6(3-15-5)7-4-16-9(14)11(7)2-8(12)13/h3-4H,2H2,1H3,(H,12,13). The summed E-state index contributed by atoms with van der Waals surface area (Å²) in [5.74, 6) is -1.03. The second-order valence-corrected chi connectivity index (χ2v) is 5.00. The van der Waals surface area contributed by atoms with E-state index < -0.39 is 5.97 Å². The fourth-order valence-electron chi connectivity index (χ4n) is 1.30. The molecule has 0 fully saturated rings. The Labute approximate surface area is 98.6 Å². The number of aryl methyl sites for hydroxylation is 1. The first kappa shape index (κ1) is 11.0. The van der Waals surface area contributed by atoms with Crippen LogP contribution < -0.4 is 4.87 Å². The number of carboxylic acids is 1. The second kappa shape index (κ2) is 4.18. The highest BCUT2D eigenvalue weighted by molar-refractivity contribution is 7.10. The van der Waals surface area contributed by atoms with Gasteiger partial charge in [-0.05, 0) is 6.92 Å². The smallest absolute Gasteiger partial charge is 0.323 e. The van der Waals surface area contributed by atoms with E-state index in [9.17, 15) is 9.59 Å². The zero-order chi connectivity index (χ0) is 11.7. The van der Waals surface area contributed by atoms with E-state index in [4.69, 9.17) is 5.11 Å². The van der Waals surface area contributed by atoms with Gasteiger partial charge in [0.05, 0.1) is 16.4 Å². The Hall–Kier alpha value is -1.47. The fraction of sp³-hybridized carbons (Fsp3) is 0.222. The molecule has 5 nitrogen and oxygen atoms in total. The molecule has 0 aliphatic rings. The number of carbonyl (C=O) groups is 1. The van der Waals surface area contributed by atoms with Crippen LogP contribution in [-0.4, -0.2) is 20.6 Å². The van der Waals surface area contributed by atoms with E-state index >= 15 is 0 Å². The number of thiazole rings is 2. The third kappa shape index (κ3) is 2.05. The van der Waals surface area contributed by atoms with Gasteiger partial charge in [0.2, 0.25) is 0 Å². The van der Waals surface area contributed by atoms with E-state index in [0.717, 1.165) is 16.3 Å². The van der Waals surface area contributed by atoms with Crippen molar-refractivity contribution < 1.29 is 9.90 Å². The Morgan fingerprint density at radius 3 is 2.81 bits per heavy atom. The van der Waals surface area contributed by atoms with Crippen LogP contribution in [0.25, 0.3) is 11.4 Å². The number of carboxylic acid groups (broad SMARTS) is 1. The molecule has 0 atom stereocenters. The highest BCUT2D eigenvalue weighted by atomic mass is 32.1. The van der Waals surface area contributed by atoms with Crippen molar-refractivity contribution >= 4 is 28.6 Å². The van der Waals surface area contributed by atoms with Gasteiger partial charge >= 0.3 is 10.8 Å². The number of aliphatic carboxylic acids is 1. The van der Waals surface area contributed by atoms with Gasteiger partial charge in [-0.25, -0.2) is 4.98 Å². The molecule has 0 radical (unpaired) electrons. The summed E-state index contributed by atoms with van der Waals surface area (Å²) >= 11 is 2.45. The highest BCUT2D eigenvalue weighted by Crippen LogP contribution is 2.21. The topological polar surface area (TPSA) is 72.2 Å². The lowest BCUT2D eigenvalue weighted by atomic mass is 10.3. The van der Waals surface area contributed by atoms with Crippen LogP contribution in [0.2, 0.25) is 0 Å². The van der Waals surface area contributed by atoms with Gasteiger partial charge in [0, 0.05) is 10.8 Å². The molecule has 0 saturated heterocycles. The van der Waals surface area contributed by atoms with Gasteiger partial charge in [0.25, 0.3) is 0 Å². The van der Waals surface area contributed by atoms with E-state index in [1.165, 1.54) is 15.9 Å². The van der Waals surface area contributed by atoms with Crippen LogP contribution in [0.4, 0.5) is 0 Å². The van der Waals surface area contributed by atoms with Gasteiger partial charge in [-0.1, -0.05) is 11.3 Å². The van der Waals surface area contributed by atoms with Crippen molar-refractivity contribution in [3.63, 3.8) is 0 Å². The summed E-state index contributed by atoms with van der Waals surface area (Å²) in [6, 6.07) is 0. The quantitative estimate of drug-likeness (QED) is 0.901. The van der Waals surface area contributed by atoms with Gasteiger partial charge < -0.3 is 5.11 Å². The first-order valence-electron chi connectivity index (χ1n) is 4.40. The lowest BCUT2D eigenvalue weighted by Gasteiger charge is -2.01. The molecule has 0 aromatic carbocycles. The molecule has 0 bridgehead atoms. The number of aromatic nitrogens is 2. The largest absolute Gasteiger partial charge is 0.480 e. The van der Waals surface area contributed by atoms with Gasteiger partial charge in [0.15, 0.2) is 0 Å². The fourth-order valence-corrected chi connectivity index (χ4v) is 2.65. The number of rotatable bonds is 3. The summed E-state index contributed by atoms with van der Waals surface area (Å²) in [5.41, 5.74) is 1.23. The van der Waals surface area contributed by atoms with Crippen molar-refractivity contribution in [3.8, 4) is 11.4 Å². The maximum Gasteiger partial charge on any atom is 0.323 e. The lowest BCUT2D eigenvalue weighted by Crippen LogP contribution is -2.19. The summed E-state index contributed by atoms with van der Waals surface area (Å²) in [4.78, 5) is 26.0. The van der Waals surface area contributed by atoms with Crippen LogP contribution in [0.15, 0.2) is 15.6 Å². The molecular formula is C9H8N2O3S2. The molecule has 2 rings (SSSR count). The van der Waals surface area contributed by atoms with Gasteiger partial charge in [-0.3, -0.25) is 14.2 Å². The first-order chi connectivity index (χ1) is 7.58. The predicted molar refractivity (Wildman–Crippen MR) is 62.1 cm³/mol. The normalized spacial score (nSPS) is 10.6. The monoisotopic (exact) mass is 256 g/mol. The Morgan fingerprint density at radius 2 is 2.25 bits per heavy atom. The first-order valence-corrected chi connectivity index (χ1v) is 6.16. The Morgan fingerprint density at radius 1 is 1.50 bits per heavy atom. The van der Waals surface area contributed by atoms with Crippen LogP contribution in [0.5, 0.6) is 0 Å². The molecule has 84 valence electrons. The van der Waals surface area contributed by atoms with E-state index in [-0.39, 0.29) is 11.4 Å². The van der Waals surface area contributed by atoms with E-state index in [0.29, 0.717) is 11.4 Å². The van der Waals surface area contributed by atoms with Gasteiger partial charge in [-0.15, -0.1) is 11.3 Å². The van der Waals surface area contributed by atoms with Crippen LogP contribution in [-0.2, 0) is 11.3 Å². The Kier molecular flexibility index (Phi) is 2.88. The molecule has 1 N–H and O–H groups in total. The Balaban J connectivity index is 2.49. The molecule has 0 amide bonds. The molecular weight excluding hydrogens is 248 g/mol. The number of nitrogens with zero attached hydrogens (tertiary/aromatic N) is 2. The molecule has 0 spiro atoms. The zero-order valence-corrected chi connectivity index (χ0v) is 9.97. The maximum absolute atomic E-state index is 11.4. The summed E-state index contributed by atoms with van der Waals surface area (Å²) in [6.07, 6.45) is 0. The molecule has 0 aliphatic heterocycles. The molecule has 0 aliphatic carbocycles. The Bertz CT molecular complexity index is 582. The number of hydrogen-bond acceptors (Lipinski definition) is 5.